The van der Waals surface area contributed by atoms with Crippen molar-refractivity contribution in [2.75, 3.05) is 5.32 Å². The topological polar surface area (TPSA) is 107 Å². The molecule has 4 rings (SSSR count). The summed E-state index contributed by atoms with van der Waals surface area (Å²) in [6.07, 6.45) is 3.35. The average Bonchev–Trinajstić information content (AvgIpc) is 3.25. The van der Waals surface area contributed by atoms with Gasteiger partial charge in [0.15, 0.2) is 5.69 Å². The van der Waals surface area contributed by atoms with E-state index in [4.69, 9.17) is 5.26 Å². The number of hydrogen-bond donors (Lipinski definition) is 2. The summed E-state index contributed by atoms with van der Waals surface area (Å²) in [5.74, 6) is 0.274. The zero-order valence-corrected chi connectivity index (χ0v) is 14.5. The van der Waals surface area contributed by atoms with Gasteiger partial charge in [0.2, 0.25) is 5.91 Å². The number of amides is 1. The molecule has 1 amide bonds. The lowest BCUT2D eigenvalue weighted by Crippen LogP contribution is -2.07. The first-order chi connectivity index (χ1) is 12.7. The lowest BCUT2D eigenvalue weighted by atomic mass is 10.1. The highest BCUT2D eigenvalue weighted by Gasteiger charge is 2.19. The number of rotatable bonds is 3. The number of aromatic nitrogens is 4. The van der Waals surface area contributed by atoms with Crippen LogP contribution < -0.4 is 5.32 Å². The highest BCUT2D eigenvalue weighted by molar-refractivity contribution is 7.13. The van der Waals surface area contributed by atoms with E-state index in [9.17, 15) is 4.79 Å². The van der Waals surface area contributed by atoms with Crippen LogP contribution in [0.4, 0.5) is 5.82 Å². The molecule has 7 nitrogen and oxygen atoms in total. The van der Waals surface area contributed by atoms with Gasteiger partial charge in [-0.3, -0.25) is 9.78 Å². The fourth-order valence-electron chi connectivity index (χ4n) is 2.72. The molecule has 0 bridgehead atoms. The van der Waals surface area contributed by atoms with Gasteiger partial charge in [-0.05, 0) is 24.3 Å². The maximum Gasteiger partial charge on any atom is 0.222 e. The van der Waals surface area contributed by atoms with Crippen LogP contribution in [0.2, 0.25) is 0 Å². The first kappa shape index (κ1) is 15.9. The minimum absolute atomic E-state index is 0.188. The standard InChI is InChI=1S/C18H12N6OS/c1-10(25)22-14-7-11(4-6-20-14)16-15(18-23-12(8-19)9-26-18)17-13(24-16)3-2-5-21-17/h2-7,9,24H,1H3,(H,20,22,25). The van der Waals surface area contributed by atoms with Crippen LogP contribution in [0.3, 0.4) is 0 Å². The Morgan fingerprint density at radius 3 is 2.96 bits per heavy atom. The molecule has 0 saturated heterocycles. The molecule has 4 heterocycles. The zero-order valence-electron chi connectivity index (χ0n) is 13.6. The van der Waals surface area contributed by atoms with Crippen LogP contribution in [0.25, 0.3) is 32.9 Å². The SMILES string of the molecule is CC(=O)Nc1cc(-c2[nH]c3cccnc3c2-c2nc(C#N)cs2)ccn1. The van der Waals surface area contributed by atoms with E-state index in [0.717, 1.165) is 27.9 Å². The van der Waals surface area contributed by atoms with E-state index in [1.807, 2.05) is 18.2 Å². The molecule has 0 fully saturated rings. The third kappa shape index (κ3) is 2.81. The summed E-state index contributed by atoms with van der Waals surface area (Å²) in [5.41, 5.74) is 4.49. The Balaban J connectivity index is 1.94. The van der Waals surface area contributed by atoms with Crippen LogP contribution in [0, 0.1) is 11.3 Å². The van der Waals surface area contributed by atoms with Crippen LogP contribution in [0.5, 0.6) is 0 Å². The minimum Gasteiger partial charge on any atom is -0.353 e. The summed E-state index contributed by atoms with van der Waals surface area (Å²) in [6, 6.07) is 9.48. The fraction of sp³-hybridized carbons (Fsp3) is 0.0556. The molecule has 0 aliphatic carbocycles. The van der Waals surface area contributed by atoms with Gasteiger partial charge < -0.3 is 10.3 Å². The number of carbonyl (C=O) groups excluding carboxylic acids is 1. The number of aromatic amines is 1. The van der Waals surface area contributed by atoms with E-state index in [2.05, 4.69) is 31.3 Å². The summed E-state index contributed by atoms with van der Waals surface area (Å²) in [5, 5.41) is 14.2. The molecule has 4 aromatic rings. The highest BCUT2D eigenvalue weighted by atomic mass is 32.1. The van der Waals surface area contributed by atoms with Crippen LogP contribution in [0.15, 0.2) is 42.0 Å². The Bertz CT molecular complexity index is 1170. The van der Waals surface area contributed by atoms with E-state index < -0.39 is 0 Å². The Hall–Kier alpha value is -3.57. The Morgan fingerprint density at radius 2 is 2.19 bits per heavy atom. The van der Waals surface area contributed by atoms with Gasteiger partial charge in [-0.25, -0.2) is 9.97 Å². The minimum atomic E-state index is -0.188. The van der Waals surface area contributed by atoms with E-state index in [-0.39, 0.29) is 5.91 Å². The molecule has 126 valence electrons. The van der Waals surface area contributed by atoms with Crippen molar-refractivity contribution in [1.82, 2.24) is 19.9 Å². The predicted molar refractivity (Wildman–Crippen MR) is 99.5 cm³/mol. The Labute approximate surface area is 152 Å². The predicted octanol–water partition coefficient (Wildman–Crippen LogP) is 3.58. The first-order valence-corrected chi connectivity index (χ1v) is 8.60. The summed E-state index contributed by atoms with van der Waals surface area (Å²) in [6.45, 7) is 1.44. The fourth-order valence-corrected chi connectivity index (χ4v) is 3.52. The first-order valence-electron chi connectivity index (χ1n) is 7.72. The quantitative estimate of drug-likeness (QED) is 0.581. The molecule has 26 heavy (non-hydrogen) atoms. The van der Waals surface area contributed by atoms with Gasteiger partial charge in [0, 0.05) is 30.3 Å². The van der Waals surface area contributed by atoms with Crippen molar-refractivity contribution in [3.63, 3.8) is 0 Å². The summed E-state index contributed by atoms with van der Waals surface area (Å²) < 4.78 is 0. The van der Waals surface area contributed by atoms with Gasteiger partial charge in [0.1, 0.15) is 16.9 Å². The molecule has 0 atom stereocenters. The lowest BCUT2D eigenvalue weighted by Gasteiger charge is -2.05. The number of nitrogens with one attached hydrogen (secondary N) is 2. The number of carbonyl (C=O) groups is 1. The van der Waals surface area contributed by atoms with Crippen LogP contribution in [0.1, 0.15) is 12.6 Å². The molecule has 4 aromatic heterocycles. The van der Waals surface area contributed by atoms with Crippen molar-refractivity contribution in [2.24, 2.45) is 0 Å². The van der Waals surface area contributed by atoms with E-state index in [1.54, 1.807) is 23.8 Å². The molecule has 0 aromatic carbocycles. The molecule has 0 aliphatic rings. The number of nitrogens with zero attached hydrogens (tertiary/aromatic N) is 4. The van der Waals surface area contributed by atoms with Crippen molar-refractivity contribution in [1.29, 1.82) is 5.26 Å². The third-order valence-corrected chi connectivity index (χ3v) is 4.60. The number of pyridine rings is 2. The molecular weight excluding hydrogens is 348 g/mol. The van der Waals surface area contributed by atoms with Crippen molar-refractivity contribution < 1.29 is 4.79 Å². The second-order valence-electron chi connectivity index (χ2n) is 5.54. The van der Waals surface area contributed by atoms with E-state index >= 15 is 0 Å². The van der Waals surface area contributed by atoms with Crippen molar-refractivity contribution in [3.8, 4) is 27.9 Å². The van der Waals surface area contributed by atoms with E-state index in [0.29, 0.717) is 16.5 Å². The maximum atomic E-state index is 11.3. The van der Waals surface area contributed by atoms with Gasteiger partial charge in [-0.15, -0.1) is 11.3 Å². The number of nitriles is 1. The zero-order chi connectivity index (χ0) is 18.1. The average molecular weight is 360 g/mol. The van der Waals surface area contributed by atoms with Gasteiger partial charge in [0.25, 0.3) is 0 Å². The van der Waals surface area contributed by atoms with Crippen LogP contribution in [-0.2, 0) is 4.79 Å². The number of thiazole rings is 1. The van der Waals surface area contributed by atoms with Gasteiger partial charge in [-0.1, -0.05) is 0 Å². The molecule has 0 unspecified atom stereocenters. The van der Waals surface area contributed by atoms with Gasteiger partial charge in [-0.2, -0.15) is 5.26 Å². The largest absolute Gasteiger partial charge is 0.353 e. The second kappa shape index (κ2) is 6.38. The molecule has 2 N–H and O–H groups in total. The van der Waals surface area contributed by atoms with Gasteiger partial charge >= 0.3 is 0 Å². The number of hydrogen-bond acceptors (Lipinski definition) is 6. The summed E-state index contributed by atoms with van der Waals surface area (Å²) in [7, 11) is 0. The monoisotopic (exact) mass is 360 g/mol. The van der Waals surface area contributed by atoms with Gasteiger partial charge in [0.05, 0.1) is 22.3 Å². The van der Waals surface area contributed by atoms with Crippen molar-refractivity contribution in [2.45, 2.75) is 6.92 Å². The molecule has 0 saturated carbocycles. The third-order valence-electron chi connectivity index (χ3n) is 3.74. The molecule has 0 aliphatic heterocycles. The Morgan fingerprint density at radius 1 is 1.31 bits per heavy atom. The Kier molecular flexibility index (Phi) is 3.91. The summed E-state index contributed by atoms with van der Waals surface area (Å²) >= 11 is 1.39. The molecule has 0 radical (unpaired) electrons. The molecule has 0 spiro atoms. The highest BCUT2D eigenvalue weighted by Crippen LogP contribution is 2.38. The maximum absolute atomic E-state index is 11.3. The van der Waals surface area contributed by atoms with Crippen LogP contribution in [-0.4, -0.2) is 25.8 Å². The number of fused-ring (bicyclic) bond motifs is 1. The molecule has 8 heteroatoms. The van der Waals surface area contributed by atoms with Crippen molar-refractivity contribution in [3.05, 3.63) is 47.7 Å². The summed E-state index contributed by atoms with van der Waals surface area (Å²) in [4.78, 5) is 27.7. The van der Waals surface area contributed by atoms with E-state index in [1.165, 1.54) is 18.3 Å². The van der Waals surface area contributed by atoms with Crippen molar-refractivity contribution >= 4 is 34.1 Å². The lowest BCUT2D eigenvalue weighted by molar-refractivity contribution is -0.114. The smallest absolute Gasteiger partial charge is 0.222 e. The van der Waals surface area contributed by atoms with Crippen LogP contribution >= 0.6 is 11.3 Å². The number of anilines is 1. The second-order valence-corrected chi connectivity index (χ2v) is 6.39. The normalized spacial score (nSPS) is 10.6. The number of H-pyrrole nitrogens is 1. The molecular formula is C18H12N6OS.